The Kier molecular flexibility index (Phi) is 5.03. The second kappa shape index (κ2) is 7.41. The zero-order valence-corrected chi connectivity index (χ0v) is 14.4. The van der Waals surface area contributed by atoms with E-state index < -0.39 is 17.2 Å². The van der Waals surface area contributed by atoms with Crippen molar-refractivity contribution >= 4 is 5.76 Å². The fraction of sp³-hybridized carbons (Fsp3) is 0.100. The van der Waals surface area contributed by atoms with Crippen molar-refractivity contribution in [3.05, 3.63) is 94.0 Å². The number of aliphatic hydroxyl groups is 1. The van der Waals surface area contributed by atoms with Crippen molar-refractivity contribution in [2.75, 3.05) is 0 Å². The molecule has 0 radical (unpaired) electrons. The molecule has 1 aromatic heterocycles. The average molecular weight is 370 g/mol. The lowest BCUT2D eigenvalue weighted by Gasteiger charge is -2.12. The standard InChI is InChI=1S/C20H16F2N2O3/c1-12-3-4-14(13(2)25)7-18(12)24-11-23-19(9-20(24)26)27-10-15-5-6-16(21)8-17(15)22/h3-9,11,25H,2,10H2,1H3. The van der Waals surface area contributed by atoms with Crippen LogP contribution in [-0.2, 0) is 6.61 Å². The second-order valence-electron chi connectivity index (χ2n) is 5.91. The van der Waals surface area contributed by atoms with Crippen LogP contribution in [0.4, 0.5) is 8.78 Å². The lowest BCUT2D eigenvalue weighted by molar-refractivity contribution is 0.286. The molecule has 0 fully saturated rings. The van der Waals surface area contributed by atoms with Crippen LogP contribution in [0.25, 0.3) is 11.4 Å². The molecule has 0 unspecified atom stereocenters. The van der Waals surface area contributed by atoms with Crippen molar-refractivity contribution in [3.63, 3.8) is 0 Å². The maximum absolute atomic E-state index is 13.6. The van der Waals surface area contributed by atoms with Crippen molar-refractivity contribution in [3.8, 4) is 11.6 Å². The second-order valence-corrected chi connectivity index (χ2v) is 5.91. The van der Waals surface area contributed by atoms with E-state index >= 15 is 0 Å². The lowest BCUT2D eigenvalue weighted by Crippen LogP contribution is -2.19. The van der Waals surface area contributed by atoms with Gasteiger partial charge in [0.2, 0.25) is 5.88 Å². The van der Waals surface area contributed by atoms with Gasteiger partial charge in [-0.3, -0.25) is 9.36 Å². The molecule has 1 heterocycles. The van der Waals surface area contributed by atoms with E-state index in [0.717, 1.165) is 17.7 Å². The van der Waals surface area contributed by atoms with Crippen molar-refractivity contribution in [1.29, 1.82) is 0 Å². The molecule has 1 N–H and O–H groups in total. The summed E-state index contributed by atoms with van der Waals surface area (Å²) in [6.45, 7) is 5.09. The van der Waals surface area contributed by atoms with E-state index in [1.54, 1.807) is 18.2 Å². The molecule has 0 amide bonds. The van der Waals surface area contributed by atoms with Gasteiger partial charge < -0.3 is 9.84 Å². The number of ether oxygens (including phenoxy) is 1. The predicted molar refractivity (Wildman–Crippen MR) is 96.9 cm³/mol. The Balaban J connectivity index is 1.85. The SMILES string of the molecule is C=C(O)c1ccc(C)c(-n2cnc(OCc3ccc(F)cc3F)cc2=O)c1. The van der Waals surface area contributed by atoms with Gasteiger partial charge in [0.05, 0.1) is 11.8 Å². The van der Waals surface area contributed by atoms with E-state index in [4.69, 9.17) is 4.74 Å². The van der Waals surface area contributed by atoms with Crippen LogP contribution in [0.15, 0.2) is 60.2 Å². The van der Waals surface area contributed by atoms with Gasteiger partial charge in [-0.05, 0) is 30.7 Å². The molecular formula is C20H16F2N2O3. The van der Waals surface area contributed by atoms with E-state index in [1.807, 2.05) is 6.92 Å². The highest BCUT2D eigenvalue weighted by atomic mass is 19.1. The normalized spacial score (nSPS) is 10.6. The topological polar surface area (TPSA) is 64.3 Å². The van der Waals surface area contributed by atoms with Crippen LogP contribution >= 0.6 is 0 Å². The highest BCUT2D eigenvalue weighted by Crippen LogP contribution is 2.19. The molecular weight excluding hydrogens is 354 g/mol. The maximum atomic E-state index is 13.6. The first-order valence-electron chi connectivity index (χ1n) is 8.00. The minimum absolute atomic E-state index is 0.0142. The molecule has 3 aromatic rings. The van der Waals surface area contributed by atoms with Crippen LogP contribution in [0.5, 0.6) is 5.88 Å². The largest absolute Gasteiger partial charge is 0.508 e. The molecule has 138 valence electrons. The van der Waals surface area contributed by atoms with E-state index in [-0.39, 0.29) is 23.8 Å². The molecule has 7 heteroatoms. The number of rotatable bonds is 5. The monoisotopic (exact) mass is 370 g/mol. The van der Waals surface area contributed by atoms with Crippen LogP contribution < -0.4 is 10.3 Å². The summed E-state index contributed by atoms with van der Waals surface area (Å²) in [5.74, 6) is -1.51. The number of aliphatic hydroxyl groups excluding tert-OH is 1. The van der Waals surface area contributed by atoms with Gasteiger partial charge in [0, 0.05) is 17.2 Å². The van der Waals surface area contributed by atoms with Gasteiger partial charge in [0.25, 0.3) is 5.56 Å². The summed E-state index contributed by atoms with van der Waals surface area (Å²) in [7, 11) is 0. The summed E-state index contributed by atoms with van der Waals surface area (Å²) in [6, 6.07) is 9.38. The molecule has 0 saturated heterocycles. The summed E-state index contributed by atoms with van der Waals surface area (Å²) in [5.41, 5.74) is 1.55. The van der Waals surface area contributed by atoms with Crippen LogP contribution in [0.3, 0.4) is 0 Å². The maximum Gasteiger partial charge on any atom is 0.261 e. The summed E-state index contributed by atoms with van der Waals surface area (Å²) < 4.78 is 33.2. The van der Waals surface area contributed by atoms with E-state index in [9.17, 15) is 18.7 Å². The van der Waals surface area contributed by atoms with Crippen LogP contribution in [-0.4, -0.2) is 14.7 Å². The fourth-order valence-electron chi connectivity index (χ4n) is 2.48. The third kappa shape index (κ3) is 4.03. The summed E-state index contributed by atoms with van der Waals surface area (Å²) in [4.78, 5) is 16.5. The Morgan fingerprint density at radius 3 is 2.67 bits per heavy atom. The van der Waals surface area contributed by atoms with Crippen molar-refractivity contribution in [2.24, 2.45) is 0 Å². The molecule has 0 aliphatic rings. The molecule has 0 aliphatic carbocycles. The van der Waals surface area contributed by atoms with Gasteiger partial charge in [-0.15, -0.1) is 0 Å². The molecule has 5 nitrogen and oxygen atoms in total. The number of nitrogens with zero attached hydrogens (tertiary/aromatic N) is 2. The molecule has 0 atom stereocenters. The molecule has 0 spiro atoms. The van der Waals surface area contributed by atoms with Gasteiger partial charge in [-0.2, -0.15) is 0 Å². The van der Waals surface area contributed by atoms with Gasteiger partial charge in [0.1, 0.15) is 30.3 Å². The first kappa shape index (κ1) is 18.3. The number of aryl methyl sites for hydroxylation is 1. The number of hydrogen-bond acceptors (Lipinski definition) is 4. The third-order valence-electron chi connectivity index (χ3n) is 3.98. The summed E-state index contributed by atoms with van der Waals surface area (Å²) >= 11 is 0. The van der Waals surface area contributed by atoms with E-state index in [0.29, 0.717) is 11.3 Å². The predicted octanol–water partition coefficient (Wildman–Crippen LogP) is 3.93. The van der Waals surface area contributed by atoms with Gasteiger partial charge >= 0.3 is 0 Å². The van der Waals surface area contributed by atoms with Gasteiger partial charge in [0.15, 0.2) is 0 Å². The Labute approximate surface area is 153 Å². The fourth-order valence-corrected chi connectivity index (χ4v) is 2.48. The molecule has 0 bridgehead atoms. The zero-order valence-electron chi connectivity index (χ0n) is 14.4. The minimum atomic E-state index is -0.736. The minimum Gasteiger partial charge on any atom is -0.508 e. The van der Waals surface area contributed by atoms with E-state index in [1.165, 1.54) is 23.0 Å². The lowest BCUT2D eigenvalue weighted by atomic mass is 10.1. The molecule has 3 rings (SSSR count). The Morgan fingerprint density at radius 1 is 1.22 bits per heavy atom. The smallest absolute Gasteiger partial charge is 0.261 e. The number of aromatic nitrogens is 2. The highest BCUT2D eigenvalue weighted by Gasteiger charge is 2.10. The number of halogens is 2. The molecule has 0 aliphatic heterocycles. The van der Waals surface area contributed by atoms with Crippen molar-refractivity contribution in [1.82, 2.24) is 9.55 Å². The quantitative estimate of drug-likeness (QED) is 0.692. The highest BCUT2D eigenvalue weighted by molar-refractivity contribution is 5.60. The molecule has 0 saturated carbocycles. The van der Waals surface area contributed by atoms with Gasteiger partial charge in [-0.1, -0.05) is 18.7 Å². The zero-order chi connectivity index (χ0) is 19.6. The first-order valence-corrected chi connectivity index (χ1v) is 8.00. The van der Waals surface area contributed by atoms with Crippen molar-refractivity contribution in [2.45, 2.75) is 13.5 Å². The molecule has 2 aromatic carbocycles. The number of benzene rings is 2. The van der Waals surface area contributed by atoms with Crippen molar-refractivity contribution < 1.29 is 18.6 Å². The Morgan fingerprint density at radius 2 is 2.00 bits per heavy atom. The van der Waals surface area contributed by atoms with Gasteiger partial charge in [-0.25, -0.2) is 13.8 Å². The molecule has 27 heavy (non-hydrogen) atoms. The van der Waals surface area contributed by atoms with E-state index in [2.05, 4.69) is 11.6 Å². The first-order chi connectivity index (χ1) is 12.8. The van der Waals surface area contributed by atoms with Crippen LogP contribution in [0.1, 0.15) is 16.7 Å². The number of hydrogen-bond donors (Lipinski definition) is 1. The van der Waals surface area contributed by atoms with Crippen LogP contribution in [0, 0.1) is 18.6 Å². The average Bonchev–Trinajstić information content (AvgIpc) is 2.61. The Bertz CT molecular complexity index is 1080. The third-order valence-corrected chi connectivity index (χ3v) is 3.98. The Hall–Kier alpha value is -3.48. The summed E-state index contributed by atoms with van der Waals surface area (Å²) in [5, 5.41) is 9.55. The van der Waals surface area contributed by atoms with Crippen LogP contribution in [0.2, 0.25) is 0 Å². The summed E-state index contributed by atoms with van der Waals surface area (Å²) in [6.07, 6.45) is 1.28.